The van der Waals surface area contributed by atoms with Gasteiger partial charge in [-0.15, -0.1) is 11.3 Å². The van der Waals surface area contributed by atoms with Gasteiger partial charge >= 0.3 is 0 Å². The van der Waals surface area contributed by atoms with Crippen LogP contribution in [0.1, 0.15) is 17.7 Å². The van der Waals surface area contributed by atoms with Gasteiger partial charge in [-0.05, 0) is 36.4 Å². The van der Waals surface area contributed by atoms with Crippen LogP contribution in [0.4, 0.5) is 5.69 Å². The van der Waals surface area contributed by atoms with E-state index in [1.807, 2.05) is 12.1 Å². The molecule has 24 heavy (non-hydrogen) atoms. The molecule has 0 aliphatic carbocycles. The van der Waals surface area contributed by atoms with Gasteiger partial charge in [0.2, 0.25) is 5.91 Å². The van der Waals surface area contributed by atoms with Crippen molar-refractivity contribution in [3.8, 4) is 0 Å². The Hall–Kier alpha value is -1.76. The maximum atomic E-state index is 12.7. The van der Waals surface area contributed by atoms with E-state index in [1.165, 1.54) is 4.88 Å². The number of pyridine rings is 1. The molecule has 126 valence electrons. The first-order valence-corrected chi connectivity index (χ1v) is 9.26. The number of carbonyl (C=O) groups excluding carboxylic acids is 1. The van der Waals surface area contributed by atoms with E-state index in [0.717, 1.165) is 38.2 Å². The van der Waals surface area contributed by atoms with Gasteiger partial charge in [0, 0.05) is 36.8 Å². The van der Waals surface area contributed by atoms with E-state index in [9.17, 15) is 4.79 Å². The van der Waals surface area contributed by atoms with E-state index >= 15 is 0 Å². The highest BCUT2D eigenvalue weighted by atomic mass is 32.1. The maximum absolute atomic E-state index is 12.7. The van der Waals surface area contributed by atoms with E-state index in [1.54, 1.807) is 23.7 Å². The van der Waals surface area contributed by atoms with Gasteiger partial charge in [0.15, 0.2) is 0 Å². The predicted octanol–water partition coefficient (Wildman–Crippen LogP) is 2.76. The van der Waals surface area contributed by atoms with Crippen molar-refractivity contribution in [2.24, 2.45) is 5.92 Å². The molecule has 2 fully saturated rings. The zero-order chi connectivity index (χ0) is 16.4. The molecule has 2 aromatic rings. The van der Waals surface area contributed by atoms with E-state index < -0.39 is 0 Å². The summed E-state index contributed by atoms with van der Waals surface area (Å²) in [6.07, 6.45) is 5.42. The molecule has 1 amide bonds. The smallest absolute Gasteiger partial charge is 0.228 e. The van der Waals surface area contributed by atoms with E-state index in [-0.39, 0.29) is 17.9 Å². The number of ether oxygens (including phenoxy) is 1. The van der Waals surface area contributed by atoms with Gasteiger partial charge in [-0.1, -0.05) is 6.07 Å². The fraction of sp³-hybridized carbons (Fsp3) is 0.444. The standard InChI is InChI=1S/C18H21N3O2S/c22-18(20-14-3-1-6-19-10-14)13-9-17-16(5-7-23-17)21(11-13)12-15-4-2-8-24-15/h1-4,6,8,10,13,16-17H,5,7,9,11-12H2,(H,20,22)/t13-,16+,17+/m1/s1. The molecule has 0 radical (unpaired) electrons. The van der Waals surface area contributed by atoms with Gasteiger partial charge in [0.1, 0.15) is 0 Å². The summed E-state index contributed by atoms with van der Waals surface area (Å²) in [4.78, 5) is 20.5. The molecule has 2 aromatic heterocycles. The van der Waals surface area contributed by atoms with Crippen LogP contribution in [0.5, 0.6) is 0 Å². The van der Waals surface area contributed by atoms with Crippen LogP contribution in [0.15, 0.2) is 42.0 Å². The van der Waals surface area contributed by atoms with E-state index in [0.29, 0.717) is 6.04 Å². The molecule has 2 aliphatic rings. The average molecular weight is 343 g/mol. The second-order valence-corrected chi connectivity index (χ2v) is 7.47. The Morgan fingerprint density at radius 3 is 3.17 bits per heavy atom. The molecule has 2 saturated heterocycles. The van der Waals surface area contributed by atoms with Crippen LogP contribution in [0.2, 0.25) is 0 Å². The first-order valence-electron chi connectivity index (χ1n) is 8.38. The summed E-state index contributed by atoms with van der Waals surface area (Å²) in [6, 6.07) is 8.38. The molecule has 2 aliphatic heterocycles. The maximum Gasteiger partial charge on any atom is 0.228 e. The minimum Gasteiger partial charge on any atom is -0.377 e. The van der Waals surface area contributed by atoms with Crippen LogP contribution < -0.4 is 5.32 Å². The van der Waals surface area contributed by atoms with Crippen LogP contribution in [0.3, 0.4) is 0 Å². The topological polar surface area (TPSA) is 54.5 Å². The third-order valence-electron chi connectivity index (χ3n) is 4.85. The lowest BCUT2D eigenvalue weighted by atomic mass is 9.89. The number of piperidine rings is 1. The van der Waals surface area contributed by atoms with Gasteiger partial charge in [0.05, 0.1) is 23.9 Å². The van der Waals surface area contributed by atoms with Crippen molar-refractivity contribution < 1.29 is 9.53 Å². The summed E-state index contributed by atoms with van der Waals surface area (Å²) in [7, 11) is 0. The first-order chi connectivity index (χ1) is 11.8. The Bertz CT molecular complexity index is 677. The molecule has 5 nitrogen and oxygen atoms in total. The number of aromatic nitrogens is 1. The predicted molar refractivity (Wildman–Crippen MR) is 93.8 cm³/mol. The van der Waals surface area contributed by atoms with Gasteiger partial charge in [-0.3, -0.25) is 14.7 Å². The molecule has 0 bridgehead atoms. The summed E-state index contributed by atoms with van der Waals surface area (Å²) in [5.41, 5.74) is 0.752. The number of hydrogen-bond donors (Lipinski definition) is 1. The minimum absolute atomic E-state index is 0.0514. The van der Waals surface area contributed by atoms with E-state index in [2.05, 4.69) is 32.7 Å². The monoisotopic (exact) mass is 343 g/mol. The van der Waals surface area contributed by atoms with Crippen LogP contribution in [0, 0.1) is 5.92 Å². The minimum atomic E-state index is -0.0514. The first kappa shape index (κ1) is 15.7. The summed E-state index contributed by atoms with van der Waals surface area (Å²) in [5, 5.41) is 5.10. The lowest BCUT2D eigenvalue weighted by Crippen LogP contribution is -2.51. The molecule has 6 heteroatoms. The van der Waals surface area contributed by atoms with Crippen molar-refractivity contribution in [2.75, 3.05) is 18.5 Å². The Morgan fingerprint density at radius 2 is 2.38 bits per heavy atom. The molecule has 1 N–H and O–H groups in total. The zero-order valence-corrected chi connectivity index (χ0v) is 14.2. The molecule has 4 heterocycles. The normalized spacial score (nSPS) is 26.9. The summed E-state index contributed by atoms with van der Waals surface area (Å²) in [6.45, 7) is 2.49. The van der Waals surface area contributed by atoms with Crippen LogP contribution in [-0.2, 0) is 16.1 Å². The lowest BCUT2D eigenvalue weighted by Gasteiger charge is -2.40. The Labute approximate surface area is 145 Å². The summed E-state index contributed by atoms with van der Waals surface area (Å²) in [5.74, 6) is 0.0117. The lowest BCUT2D eigenvalue weighted by molar-refractivity contribution is -0.124. The number of rotatable bonds is 4. The molecule has 0 saturated carbocycles. The number of thiophene rings is 1. The Morgan fingerprint density at radius 1 is 1.42 bits per heavy atom. The van der Waals surface area contributed by atoms with Crippen molar-refractivity contribution in [3.63, 3.8) is 0 Å². The van der Waals surface area contributed by atoms with Gasteiger partial charge in [0.25, 0.3) is 0 Å². The van der Waals surface area contributed by atoms with Gasteiger partial charge in [-0.2, -0.15) is 0 Å². The molecule has 0 unspecified atom stereocenters. The summed E-state index contributed by atoms with van der Waals surface area (Å²) < 4.78 is 5.91. The Kier molecular flexibility index (Phi) is 4.60. The second kappa shape index (κ2) is 7.01. The van der Waals surface area contributed by atoms with Gasteiger partial charge in [-0.25, -0.2) is 0 Å². The number of nitrogens with zero attached hydrogens (tertiary/aromatic N) is 2. The quantitative estimate of drug-likeness (QED) is 0.927. The number of anilines is 1. The number of amides is 1. The highest BCUT2D eigenvalue weighted by Crippen LogP contribution is 2.33. The van der Waals surface area contributed by atoms with Crippen molar-refractivity contribution in [2.45, 2.75) is 31.5 Å². The largest absolute Gasteiger partial charge is 0.377 e. The number of nitrogens with one attached hydrogen (secondary N) is 1. The zero-order valence-electron chi connectivity index (χ0n) is 13.4. The number of carbonyl (C=O) groups is 1. The van der Waals surface area contributed by atoms with E-state index in [4.69, 9.17) is 4.74 Å². The average Bonchev–Trinajstić information content (AvgIpc) is 3.27. The molecular weight excluding hydrogens is 322 g/mol. The third kappa shape index (κ3) is 3.36. The van der Waals surface area contributed by atoms with Crippen molar-refractivity contribution >= 4 is 22.9 Å². The highest BCUT2D eigenvalue weighted by Gasteiger charge is 2.42. The van der Waals surface area contributed by atoms with Crippen LogP contribution in [0.25, 0.3) is 0 Å². The SMILES string of the molecule is O=C(Nc1cccnc1)[C@@H]1C[C@@H]2OCC[C@@H]2N(Cc2cccs2)C1. The molecule has 0 spiro atoms. The van der Waals surface area contributed by atoms with Gasteiger partial charge < -0.3 is 10.1 Å². The number of likely N-dealkylation sites (tertiary alicyclic amines) is 1. The second-order valence-electron chi connectivity index (χ2n) is 6.44. The van der Waals surface area contributed by atoms with Crippen molar-refractivity contribution in [3.05, 3.63) is 46.9 Å². The molecule has 0 aromatic carbocycles. The van der Waals surface area contributed by atoms with Crippen molar-refractivity contribution in [1.82, 2.24) is 9.88 Å². The Balaban J connectivity index is 1.46. The summed E-state index contributed by atoms with van der Waals surface area (Å²) >= 11 is 1.77. The molecule has 4 rings (SSSR count). The fourth-order valence-electron chi connectivity index (χ4n) is 3.71. The third-order valence-corrected chi connectivity index (χ3v) is 5.72. The van der Waals surface area contributed by atoms with Crippen LogP contribution >= 0.6 is 11.3 Å². The van der Waals surface area contributed by atoms with Crippen LogP contribution in [-0.4, -0.2) is 41.1 Å². The fourth-order valence-corrected chi connectivity index (χ4v) is 4.44. The molecular formula is C18H21N3O2S. The highest BCUT2D eigenvalue weighted by molar-refractivity contribution is 7.09. The molecule has 3 atom stereocenters. The number of fused-ring (bicyclic) bond motifs is 1. The van der Waals surface area contributed by atoms with Crippen molar-refractivity contribution in [1.29, 1.82) is 0 Å². The number of hydrogen-bond acceptors (Lipinski definition) is 5.